The number of ether oxygens (including phenoxy) is 1. The normalized spacial score (nSPS) is 17.9. The number of nitrogens with one attached hydrogen (secondary N) is 1. The lowest BCUT2D eigenvalue weighted by Gasteiger charge is -2.37. The molecule has 0 radical (unpaired) electrons. The lowest BCUT2D eigenvalue weighted by atomic mass is 9.73. The molecule has 1 fully saturated rings. The van der Waals surface area contributed by atoms with E-state index in [9.17, 15) is 4.79 Å². The smallest absolute Gasteiger partial charge is 0.231 e. The molecule has 0 spiro atoms. The highest BCUT2D eigenvalue weighted by Gasteiger charge is 2.41. The summed E-state index contributed by atoms with van der Waals surface area (Å²) in [4.78, 5) is 13.2. The molecule has 24 heavy (non-hydrogen) atoms. The Balaban J connectivity index is 1.74. The van der Waals surface area contributed by atoms with Gasteiger partial charge in [-0.3, -0.25) is 4.79 Å². The minimum Gasteiger partial charge on any atom is -0.381 e. The van der Waals surface area contributed by atoms with Crippen LogP contribution in [0, 0.1) is 0 Å². The predicted octanol–water partition coefficient (Wildman–Crippen LogP) is 3.48. The van der Waals surface area contributed by atoms with Crippen molar-refractivity contribution in [2.24, 2.45) is 0 Å². The quantitative estimate of drug-likeness (QED) is 0.915. The molecule has 0 aromatic heterocycles. The maximum Gasteiger partial charge on any atom is 0.231 e. The minimum absolute atomic E-state index is 0.100. The van der Waals surface area contributed by atoms with E-state index in [-0.39, 0.29) is 11.9 Å². The molecule has 0 bridgehead atoms. The number of hydrogen-bond donors (Lipinski definition) is 1. The topological polar surface area (TPSA) is 38.3 Å². The molecule has 1 N–H and O–H groups in total. The molecule has 1 atom stereocenters. The Labute approximate surface area is 144 Å². The zero-order valence-corrected chi connectivity index (χ0v) is 14.2. The van der Waals surface area contributed by atoms with Crippen LogP contribution in [0.25, 0.3) is 0 Å². The van der Waals surface area contributed by atoms with E-state index in [1.807, 2.05) is 36.4 Å². The molecule has 2 aromatic carbocycles. The van der Waals surface area contributed by atoms with Crippen molar-refractivity contribution in [3.05, 3.63) is 71.8 Å². The van der Waals surface area contributed by atoms with E-state index in [1.54, 1.807) is 0 Å². The Morgan fingerprint density at radius 3 is 2.25 bits per heavy atom. The fourth-order valence-electron chi connectivity index (χ4n) is 3.50. The lowest BCUT2D eigenvalue weighted by molar-refractivity contribution is -0.131. The van der Waals surface area contributed by atoms with Crippen molar-refractivity contribution >= 4 is 5.91 Å². The van der Waals surface area contributed by atoms with Crippen LogP contribution in [-0.4, -0.2) is 25.2 Å². The van der Waals surface area contributed by atoms with Gasteiger partial charge < -0.3 is 10.1 Å². The monoisotopic (exact) mass is 323 g/mol. The van der Waals surface area contributed by atoms with Crippen molar-refractivity contribution in [2.75, 3.05) is 13.2 Å². The van der Waals surface area contributed by atoms with Crippen molar-refractivity contribution in [2.45, 2.75) is 37.6 Å². The summed E-state index contributed by atoms with van der Waals surface area (Å²) < 4.78 is 5.52. The molecule has 1 heterocycles. The number of hydrogen-bond acceptors (Lipinski definition) is 2. The van der Waals surface area contributed by atoms with E-state index in [0.29, 0.717) is 13.2 Å². The summed E-state index contributed by atoms with van der Waals surface area (Å²) >= 11 is 0. The second-order valence-corrected chi connectivity index (χ2v) is 6.62. The zero-order chi connectivity index (χ0) is 16.8. The molecule has 1 amide bonds. The third-order valence-corrected chi connectivity index (χ3v) is 4.87. The van der Waals surface area contributed by atoms with E-state index < -0.39 is 5.41 Å². The van der Waals surface area contributed by atoms with Gasteiger partial charge in [0.2, 0.25) is 5.91 Å². The molecule has 126 valence electrons. The maximum atomic E-state index is 13.2. The summed E-state index contributed by atoms with van der Waals surface area (Å²) in [5.41, 5.74) is 1.87. The molecule has 1 saturated heterocycles. The van der Waals surface area contributed by atoms with Crippen molar-refractivity contribution in [3.8, 4) is 0 Å². The van der Waals surface area contributed by atoms with Crippen LogP contribution in [0.1, 0.15) is 30.9 Å². The van der Waals surface area contributed by atoms with E-state index >= 15 is 0 Å². The zero-order valence-electron chi connectivity index (χ0n) is 14.2. The molecular weight excluding hydrogens is 298 g/mol. The first-order chi connectivity index (χ1) is 11.7. The fraction of sp³-hybridized carbons (Fsp3) is 0.381. The first kappa shape index (κ1) is 16.7. The second kappa shape index (κ2) is 7.63. The van der Waals surface area contributed by atoms with Crippen molar-refractivity contribution in [3.63, 3.8) is 0 Å². The Hall–Kier alpha value is -2.13. The van der Waals surface area contributed by atoms with Crippen molar-refractivity contribution in [1.82, 2.24) is 5.32 Å². The van der Waals surface area contributed by atoms with Gasteiger partial charge in [-0.1, -0.05) is 60.7 Å². The lowest BCUT2D eigenvalue weighted by Crippen LogP contribution is -2.50. The second-order valence-electron chi connectivity index (χ2n) is 6.62. The standard InChI is InChI=1S/C21H25NO2/c1-17(16-18-8-4-2-5-9-18)22-20(23)21(12-14-24-15-13-21)19-10-6-3-7-11-19/h2-11,17H,12-16H2,1H3,(H,22,23)/t17-/m1/s1. The van der Waals surface area contributed by atoms with Crippen molar-refractivity contribution < 1.29 is 9.53 Å². The number of amides is 1. The van der Waals surface area contributed by atoms with Gasteiger partial charge in [0.1, 0.15) is 0 Å². The third kappa shape index (κ3) is 3.68. The predicted molar refractivity (Wildman–Crippen MR) is 95.9 cm³/mol. The summed E-state index contributed by atoms with van der Waals surface area (Å²) in [5.74, 6) is 0.125. The molecule has 2 aromatic rings. The number of carbonyl (C=O) groups excluding carboxylic acids is 1. The Morgan fingerprint density at radius 2 is 1.62 bits per heavy atom. The highest BCUT2D eigenvalue weighted by molar-refractivity contribution is 5.88. The first-order valence-electron chi connectivity index (χ1n) is 8.69. The highest BCUT2D eigenvalue weighted by Crippen LogP contribution is 2.35. The molecule has 0 aliphatic carbocycles. The fourth-order valence-corrected chi connectivity index (χ4v) is 3.50. The van der Waals surface area contributed by atoms with E-state index in [0.717, 1.165) is 24.8 Å². The van der Waals surface area contributed by atoms with Crippen LogP contribution in [0.15, 0.2) is 60.7 Å². The molecule has 0 saturated carbocycles. The third-order valence-electron chi connectivity index (χ3n) is 4.87. The molecule has 0 unspecified atom stereocenters. The minimum atomic E-state index is -0.468. The summed E-state index contributed by atoms with van der Waals surface area (Å²) in [6.07, 6.45) is 2.32. The SMILES string of the molecule is C[C@H](Cc1ccccc1)NC(=O)C1(c2ccccc2)CCOCC1. The molecule has 3 nitrogen and oxygen atoms in total. The first-order valence-corrected chi connectivity index (χ1v) is 8.69. The van der Waals surface area contributed by atoms with Crippen LogP contribution in [0.3, 0.4) is 0 Å². The average Bonchev–Trinajstić information content (AvgIpc) is 2.63. The molecular formula is C21H25NO2. The van der Waals surface area contributed by atoms with E-state index in [4.69, 9.17) is 4.74 Å². The van der Waals surface area contributed by atoms with Gasteiger partial charge in [0.15, 0.2) is 0 Å². The van der Waals surface area contributed by atoms with Gasteiger partial charge in [-0.2, -0.15) is 0 Å². The summed E-state index contributed by atoms with van der Waals surface area (Å²) in [5, 5.41) is 3.24. The van der Waals surface area contributed by atoms with Gasteiger partial charge in [0.25, 0.3) is 0 Å². The van der Waals surface area contributed by atoms with Gasteiger partial charge in [-0.05, 0) is 37.3 Å². The summed E-state index contributed by atoms with van der Waals surface area (Å²) in [6.45, 7) is 3.34. The number of carbonyl (C=O) groups is 1. The van der Waals surface area contributed by atoms with Crippen molar-refractivity contribution in [1.29, 1.82) is 0 Å². The number of rotatable bonds is 5. The van der Waals surface area contributed by atoms with Crippen LogP contribution >= 0.6 is 0 Å². The van der Waals surface area contributed by atoms with Gasteiger partial charge in [-0.25, -0.2) is 0 Å². The highest BCUT2D eigenvalue weighted by atomic mass is 16.5. The van der Waals surface area contributed by atoms with Gasteiger partial charge in [0.05, 0.1) is 5.41 Å². The summed E-state index contributed by atoms with van der Waals surface area (Å²) in [7, 11) is 0. The maximum absolute atomic E-state index is 13.2. The average molecular weight is 323 g/mol. The molecule has 1 aliphatic rings. The molecule has 1 aliphatic heterocycles. The Kier molecular flexibility index (Phi) is 5.31. The van der Waals surface area contributed by atoms with Gasteiger partial charge in [-0.15, -0.1) is 0 Å². The van der Waals surface area contributed by atoms with E-state index in [1.165, 1.54) is 5.56 Å². The van der Waals surface area contributed by atoms with Crippen LogP contribution in [0.5, 0.6) is 0 Å². The number of benzene rings is 2. The Bertz CT molecular complexity index is 648. The Morgan fingerprint density at radius 1 is 1.04 bits per heavy atom. The summed E-state index contributed by atoms with van der Waals surface area (Å²) in [6, 6.07) is 20.5. The van der Waals surface area contributed by atoms with E-state index in [2.05, 4.69) is 36.5 Å². The van der Waals surface area contributed by atoms with Gasteiger partial charge in [0, 0.05) is 19.3 Å². The van der Waals surface area contributed by atoms with Crippen LogP contribution in [0.4, 0.5) is 0 Å². The van der Waals surface area contributed by atoms with Gasteiger partial charge >= 0.3 is 0 Å². The largest absolute Gasteiger partial charge is 0.381 e. The van der Waals surface area contributed by atoms with Crippen LogP contribution in [0.2, 0.25) is 0 Å². The molecule has 3 heteroatoms. The van der Waals surface area contributed by atoms with Crippen LogP contribution < -0.4 is 5.32 Å². The van der Waals surface area contributed by atoms with Crippen LogP contribution in [-0.2, 0) is 21.4 Å². The molecule has 3 rings (SSSR count).